The van der Waals surface area contributed by atoms with Crippen LogP contribution in [0.1, 0.15) is 37.7 Å². The summed E-state index contributed by atoms with van der Waals surface area (Å²) in [7, 11) is 0. The third-order valence-electron chi connectivity index (χ3n) is 3.48. The molecular weight excluding hydrogens is 248 g/mol. The normalized spacial score (nSPS) is 24.1. The van der Waals surface area contributed by atoms with Crippen LogP contribution in [0.15, 0.2) is 30.3 Å². The maximum absolute atomic E-state index is 11.6. The highest BCUT2D eigenvalue weighted by Crippen LogP contribution is 2.34. The Kier molecular flexibility index (Phi) is 5.63. The largest absolute Gasteiger partial charge is 0.351 e. The van der Waals surface area contributed by atoms with Gasteiger partial charge in [0.1, 0.15) is 0 Å². The molecule has 3 N–H and O–H groups in total. The van der Waals surface area contributed by atoms with Crippen molar-refractivity contribution in [3.63, 3.8) is 0 Å². The van der Waals surface area contributed by atoms with Crippen LogP contribution in [0.5, 0.6) is 0 Å². The Bertz CT molecular complexity index is 381. The number of carbonyl (C=O) groups excluding carboxylic acids is 1. The van der Waals surface area contributed by atoms with Gasteiger partial charge >= 0.3 is 0 Å². The summed E-state index contributed by atoms with van der Waals surface area (Å²) in [5.74, 6) is 0.400. The first-order chi connectivity index (χ1) is 8.18. The van der Waals surface area contributed by atoms with E-state index in [4.69, 9.17) is 5.73 Å². The number of nitrogens with two attached hydrogens (primary N) is 1. The molecule has 1 aromatic carbocycles. The third-order valence-corrected chi connectivity index (χ3v) is 3.48. The molecule has 1 aromatic rings. The highest BCUT2D eigenvalue weighted by molar-refractivity contribution is 5.85. The number of benzene rings is 1. The van der Waals surface area contributed by atoms with E-state index in [9.17, 15) is 4.79 Å². The Morgan fingerprint density at radius 3 is 2.61 bits per heavy atom. The topological polar surface area (TPSA) is 55.1 Å². The van der Waals surface area contributed by atoms with Crippen molar-refractivity contribution in [3.05, 3.63) is 35.9 Å². The third kappa shape index (κ3) is 3.47. The summed E-state index contributed by atoms with van der Waals surface area (Å²) in [6.07, 6.45) is 3.37. The Hall–Kier alpha value is -1.06. The second-order valence-electron chi connectivity index (χ2n) is 4.85. The number of halogens is 1. The van der Waals surface area contributed by atoms with Crippen molar-refractivity contribution < 1.29 is 4.79 Å². The lowest BCUT2D eigenvalue weighted by Gasteiger charge is -2.22. The van der Waals surface area contributed by atoms with Gasteiger partial charge in [0.25, 0.3) is 0 Å². The summed E-state index contributed by atoms with van der Waals surface area (Å²) >= 11 is 0. The van der Waals surface area contributed by atoms with E-state index in [1.165, 1.54) is 12.0 Å². The van der Waals surface area contributed by atoms with Crippen molar-refractivity contribution in [2.45, 2.75) is 44.2 Å². The van der Waals surface area contributed by atoms with Gasteiger partial charge in [0.15, 0.2) is 0 Å². The smallest absolute Gasteiger partial charge is 0.236 e. The minimum atomic E-state index is -0.424. The van der Waals surface area contributed by atoms with Gasteiger partial charge in [0, 0.05) is 12.0 Å². The average molecular weight is 269 g/mol. The highest BCUT2D eigenvalue weighted by atomic mass is 35.5. The maximum Gasteiger partial charge on any atom is 0.236 e. The standard InChI is InChI=1S/C14H20N2O.ClH/c1-10(15)14(17)16-13-9-5-8-12(13)11-6-3-2-4-7-11;/h2-4,6-7,10,12-13H,5,8-9,15H2,1H3,(H,16,17);1H/t10-,12?,13?;/m0./s1. The molecule has 18 heavy (non-hydrogen) atoms. The van der Waals surface area contributed by atoms with Gasteiger partial charge in [0.05, 0.1) is 6.04 Å². The summed E-state index contributed by atoms with van der Waals surface area (Å²) in [6.45, 7) is 1.72. The predicted octanol–water partition coefficient (Wildman–Crippen LogP) is 2.21. The fraction of sp³-hybridized carbons (Fsp3) is 0.500. The van der Waals surface area contributed by atoms with Crippen molar-refractivity contribution >= 4 is 18.3 Å². The summed E-state index contributed by atoms with van der Waals surface area (Å²) in [5, 5.41) is 3.06. The van der Waals surface area contributed by atoms with Gasteiger partial charge in [0.2, 0.25) is 5.91 Å². The summed E-state index contributed by atoms with van der Waals surface area (Å²) in [4.78, 5) is 11.6. The van der Waals surface area contributed by atoms with Crippen LogP contribution in [-0.4, -0.2) is 18.0 Å². The van der Waals surface area contributed by atoms with Gasteiger partial charge < -0.3 is 11.1 Å². The lowest BCUT2D eigenvalue weighted by atomic mass is 9.94. The molecule has 1 amide bonds. The van der Waals surface area contributed by atoms with Gasteiger partial charge in [-0.2, -0.15) is 0 Å². The zero-order valence-electron chi connectivity index (χ0n) is 10.6. The summed E-state index contributed by atoms with van der Waals surface area (Å²) in [6, 6.07) is 10.2. The van der Waals surface area contributed by atoms with E-state index < -0.39 is 6.04 Å². The Labute approximate surface area is 115 Å². The van der Waals surface area contributed by atoms with Crippen LogP contribution in [0, 0.1) is 0 Å². The van der Waals surface area contributed by atoms with Crippen LogP contribution < -0.4 is 11.1 Å². The molecule has 2 unspecified atom stereocenters. The van der Waals surface area contributed by atoms with Crippen LogP contribution in [0.4, 0.5) is 0 Å². The number of carbonyl (C=O) groups is 1. The van der Waals surface area contributed by atoms with Crippen molar-refractivity contribution in [2.24, 2.45) is 5.73 Å². The van der Waals surface area contributed by atoms with E-state index in [2.05, 4.69) is 29.6 Å². The van der Waals surface area contributed by atoms with Crippen LogP contribution in [-0.2, 0) is 4.79 Å². The van der Waals surface area contributed by atoms with E-state index in [-0.39, 0.29) is 24.4 Å². The SMILES string of the molecule is C[C@H](N)C(=O)NC1CCCC1c1ccccc1.Cl. The van der Waals surface area contributed by atoms with Gasteiger partial charge in [-0.25, -0.2) is 0 Å². The summed E-state index contributed by atoms with van der Waals surface area (Å²) < 4.78 is 0. The number of hydrogen-bond acceptors (Lipinski definition) is 2. The van der Waals surface area contributed by atoms with E-state index >= 15 is 0 Å². The molecule has 0 aromatic heterocycles. The highest BCUT2D eigenvalue weighted by Gasteiger charge is 2.30. The van der Waals surface area contributed by atoms with E-state index in [1.54, 1.807) is 6.92 Å². The first kappa shape index (κ1) is 15.0. The first-order valence-corrected chi connectivity index (χ1v) is 6.29. The molecule has 100 valence electrons. The Balaban J connectivity index is 0.00000162. The van der Waals surface area contributed by atoms with Gasteiger partial charge in [-0.05, 0) is 25.3 Å². The Morgan fingerprint density at radius 2 is 2.00 bits per heavy atom. The van der Waals surface area contributed by atoms with Crippen LogP contribution in [0.25, 0.3) is 0 Å². The second-order valence-corrected chi connectivity index (χ2v) is 4.85. The molecule has 4 heteroatoms. The van der Waals surface area contributed by atoms with E-state index in [0.717, 1.165) is 12.8 Å². The number of hydrogen-bond donors (Lipinski definition) is 2. The fourth-order valence-corrected chi connectivity index (χ4v) is 2.55. The molecule has 1 saturated carbocycles. The van der Waals surface area contributed by atoms with Gasteiger partial charge in [-0.3, -0.25) is 4.79 Å². The average Bonchev–Trinajstić information content (AvgIpc) is 2.78. The van der Waals surface area contributed by atoms with Gasteiger partial charge in [-0.15, -0.1) is 12.4 Å². The van der Waals surface area contributed by atoms with Crippen molar-refractivity contribution in [1.82, 2.24) is 5.32 Å². The number of nitrogens with one attached hydrogen (secondary N) is 1. The number of rotatable bonds is 3. The molecule has 0 spiro atoms. The van der Waals surface area contributed by atoms with E-state index in [0.29, 0.717) is 5.92 Å². The lowest BCUT2D eigenvalue weighted by Crippen LogP contribution is -2.44. The zero-order chi connectivity index (χ0) is 12.3. The maximum atomic E-state index is 11.6. The monoisotopic (exact) mass is 268 g/mol. The molecule has 0 saturated heterocycles. The fourth-order valence-electron chi connectivity index (χ4n) is 2.55. The molecule has 0 aliphatic heterocycles. The quantitative estimate of drug-likeness (QED) is 0.883. The van der Waals surface area contributed by atoms with Crippen molar-refractivity contribution in [1.29, 1.82) is 0 Å². The second kappa shape index (κ2) is 6.76. The molecule has 1 aliphatic carbocycles. The molecular formula is C14H21ClN2O. The van der Waals surface area contributed by atoms with Crippen LogP contribution >= 0.6 is 12.4 Å². The molecule has 3 atom stereocenters. The first-order valence-electron chi connectivity index (χ1n) is 6.29. The minimum absolute atomic E-state index is 0. The molecule has 0 radical (unpaired) electrons. The molecule has 0 heterocycles. The molecule has 1 fully saturated rings. The Morgan fingerprint density at radius 1 is 1.33 bits per heavy atom. The van der Waals surface area contributed by atoms with Crippen LogP contribution in [0.3, 0.4) is 0 Å². The van der Waals surface area contributed by atoms with E-state index in [1.807, 2.05) is 6.07 Å². The predicted molar refractivity (Wildman–Crippen MR) is 75.9 cm³/mol. The van der Waals surface area contributed by atoms with Crippen molar-refractivity contribution in [2.75, 3.05) is 0 Å². The summed E-state index contributed by atoms with van der Waals surface area (Å²) in [5.41, 5.74) is 6.91. The van der Waals surface area contributed by atoms with Gasteiger partial charge in [-0.1, -0.05) is 36.8 Å². The van der Waals surface area contributed by atoms with Crippen LogP contribution in [0.2, 0.25) is 0 Å². The zero-order valence-corrected chi connectivity index (χ0v) is 11.5. The minimum Gasteiger partial charge on any atom is -0.351 e. The molecule has 1 aliphatic rings. The number of amides is 1. The van der Waals surface area contributed by atoms with Crippen molar-refractivity contribution in [3.8, 4) is 0 Å². The molecule has 3 nitrogen and oxygen atoms in total. The lowest BCUT2D eigenvalue weighted by molar-refractivity contribution is -0.122. The molecule has 0 bridgehead atoms. The molecule has 2 rings (SSSR count).